The summed E-state index contributed by atoms with van der Waals surface area (Å²) in [5.74, 6) is 0. The van der Waals surface area contributed by atoms with Crippen LogP contribution >= 0.6 is 0 Å². The summed E-state index contributed by atoms with van der Waals surface area (Å²) in [5.41, 5.74) is 8.45. The maximum absolute atomic E-state index is 6.35. The zero-order valence-corrected chi connectivity index (χ0v) is 11.2. The fourth-order valence-corrected chi connectivity index (χ4v) is 2.05. The summed E-state index contributed by atoms with van der Waals surface area (Å²) in [6.45, 7) is 4.34. The molecule has 4 nitrogen and oxygen atoms in total. The van der Waals surface area contributed by atoms with E-state index in [0.717, 1.165) is 12.1 Å². The van der Waals surface area contributed by atoms with Gasteiger partial charge in [0.1, 0.15) is 0 Å². The van der Waals surface area contributed by atoms with Crippen LogP contribution in [-0.2, 0) is 18.9 Å². The second-order valence-corrected chi connectivity index (χ2v) is 5.28. The van der Waals surface area contributed by atoms with Gasteiger partial charge in [-0.05, 0) is 5.56 Å². The number of benzene rings is 1. The molecule has 0 fully saturated rings. The van der Waals surface area contributed by atoms with Gasteiger partial charge >= 0.3 is 0 Å². The number of aromatic nitrogens is 3. The molecule has 0 saturated heterocycles. The van der Waals surface area contributed by atoms with E-state index in [9.17, 15) is 0 Å². The minimum absolute atomic E-state index is 0.0107. The topological polar surface area (TPSA) is 56.7 Å². The molecule has 0 saturated carbocycles. The van der Waals surface area contributed by atoms with Crippen LogP contribution in [0.15, 0.2) is 36.5 Å². The lowest BCUT2D eigenvalue weighted by atomic mass is 9.76. The van der Waals surface area contributed by atoms with E-state index in [0.29, 0.717) is 0 Å². The zero-order chi connectivity index (χ0) is 13.2. The van der Waals surface area contributed by atoms with E-state index in [1.165, 1.54) is 5.56 Å². The molecule has 1 unspecified atom stereocenters. The second-order valence-electron chi connectivity index (χ2n) is 5.28. The first-order valence-corrected chi connectivity index (χ1v) is 6.16. The van der Waals surface area contributed by atoms with E-state index in [4.69, 9.17) is 5.73 Å². The van der Waals surface area contributed by atoms with Crippen molar-refractivity contribution in [2.24, 2.45) is 12.8 Å². The number of aryl methyl sites for hydroxylation is 1. The lowest BCUT2D eigenvalue weighted by molar-refractivity contribution is 0.404. The lowest BCUT2D eigenvalue weighted by Gasteiger charge is -2.31. The predicted molar refractivity (Wildman–Crippen MR) is 72.2 cm³/mol. The highest BCUT2D eigenvalue weighted by Gasteiger charge is 2.28. The largest absolute Gasteiger partial charge is 0.327 e. The maximum Gasteiger partial charge on any atom is 0.0842 e. The molecule has 1 aromatic carbocycles. The Morgan fingerprint density at radius 3 is 2.50 bits per heavy atom. The van der Waals surface area contributed by atoms with Crippen LogP contribution in [0.1, 0.15) is 25.1 Å². The molecule has 0 spiro atoms. The third kappa shape index (κ3) is 2.59. The van der Waals surface area contributed by atoms with Gasteiger partial charge in [-0.3, -0.25) is 4.68 Å². The highest BCUT2D eigenvalue weighted by molar-refractivity contribution is 5.26. The van der Waals surface area contributed by atoms with Crippen molar-refractivity contribution in [3.63, 3.8) is 0 Å². The van der Waals surface area contributed by atoms with Gasteiger partial charge < -0.3 is 5.73 Å². The number of hydrogen-bond donors (Lipinski definition) is 1. The highest BCUT2D eigenvalue weighted by Crippen LogP contribution is 2.27. The number of rotatable bonds is 4. The lowest BCUT2D eigenvalue weighted by Crippen LogP contribution is -2.42. The van der Waals surface area contributed by atoms with Gasteiger partial charge in [0.05, 0.1) is 5.69 Å². The molecule has 2 aromatic rings. The van der Waals surface area contributed by atoms with Gasteiger partial charge in [0.15, 0.2) is 0 Å². The van der Waals surface area contributed by atoms with E-state index >= 15 is 0 Å². The van der Waals surface area contributed by atoms with Crippen LogP contribution in [0, 0.1) is 0 Å². The summed E-state index contributed by atoms with van der Waals surface area (Å²) in [4.78, 5) is 0. The van der Waals surface area contributed by atoms with Crippen LogP contribution in [-0.4, -0.2) is 21.0 Å². The van der Waals surface area contributed by atoms with Crippen molar-refractivity contribution >= 4 is 0 Å². The Bertz CT molecular complexity index is 502. The molecule has 0 radical (unpaired) electrons. The molecule has 4 heteroatoms. The summed E-state index contributed by atoms with van der Waals surface area (Å²) >= 11 is 0. The van der Waals surface area contributed by atoms with Crippen LogP contribution in [0.3, 0.4) is 0 Å². The third-order valence-corrected chi connectivity index (χ3v) is 3.52. The molecule has 0 amide bonds. The second kappa shape index (κ2) is 4.90. The van der Waals surface area contributed by atoms with Crippen LogP contribution in [0.25, 0.3) is 0 Å². The molecule has 2 N–H and O–H groups in total. The quantitative estimate of drug-likeness (QED) is 0.890. The van der Waals surface area contributed by atoms with Crippen molar-refractivity contribution in [3.05, 3.63) is 47.8 Å². The van der Waals surface area contributed by atoms with Crippen molar-refractivity contribution in [2.75, 3.05) is 0 Å². The Labute approximate surface area is 108 Å². The molecule has 0 aliphatic heterocycles. The minimum Gasteiger partial charge on any atom is -0.327 e. The predicted octanol–water partition coefficient (Wildman–Crippen LogP) is 1.66. The third-order valence-electron chi connectivity index (χ3n) is 3.52. The van der Waals surface area contributed by atoms with Crippen LogP contribution in [0.5, 0.6) is 0 Å². The molecule has 96 valence electrons. The standard InChI is InChI=1S/C14H20N4/c1-14(2,11-7-5-4-6-8-11)13(15)9-12-10-18(3)17-16-12/h4-8,10,13H,9,15H2,1-3H3. The Hall–Kier alpha value is -1.68. The molecule has 0 bridgehead atoms. The van der Waals surface area contributed by atoms with Crippen LogP contribution in [0.2, 0.25) is 0 Å². The highest BCUT2D eigenvalue weighted by atomic mass is 15.4. The van der Waals surface area contributed by atoms with E-state index in [1.54, 1.807) is 4.68 Å². The Kier molecular flexibility index (Phi) is 3.48. The van der Waals surface area contributed by atoms with Crippen molar-refractivity contribution in [3.8, 4) is 0 Å². The van der Waals surface area contributed by atoms with E-state index < -0.39 is 0 Å². The van der Waals surface area contributed by atoms with Gasteiger partial charge in [0, 0.05) is 31.1 Å². The Morgan fingerprint density at radius 1 is 1.28 bits per heavy atom. The smallest absolute Gasteiger partial charge is 0.0842 e. The fourth-order valence-electron chi connectivity index (χ4n) is 2.05. The van der Waals surface area contributed by atoms with Crippen molar-refractivity contribution in [1.29, 1.82) is 0 Å². The van der Waals surface area contributed by atoms with Crippen LogP contribution < -0.4 is 5.73 Å². The average Bonchev–Trinajstić information content (AvgIpc) is 2.76. The SMILES string of the molecule is Cn1cc(CC(N)C(C)(C)c2ccccc2)nn1. The van der Waals surface area contributed by atoms with Crippen molar-refractivity contribution in [2.45, 2.75) is 31.7 Å². The summed E-state index contributed by atoms with van der Waals surface area (Å²) in [7, 11) is 1.87. The molecule has 1 aromatic heterocycles. The summed E-state index contributed by atoms with van der Waals surface area (Å²) in [5, 5.41) is 8.03. The average molecular weight is 244 g/mol. The fraction of sp³-hybridized carbons (Fsp3) is 0.429. The monoisotopic (exact) mass is 244 g/mol. The van der Waals surface area contributed by atoms with Crippen LogP contribution in [0.4, 0.5) is 0 Å². The van der Waals surface area contributed by atoms with Gasteiger partial charge in [0.2, 0.25) is 0 Å². The normalized spacial score (nSPS) is 13.6. The Balaban J connectivity index is 2.15. The summed E-state index contributed by atoms with van der Waals surface area (Å²) in [6.07, 6.45) is 2.65. The molecule has 1 atom stereocenters. The van der Waals surface area contributed by atoms with E-state index in [-0.39, 0.29) is 11.5 Å². The van der Waals surface area contributed by atoms with Gasteiger partial charge in [-0.1, -0.05) is 49.4 Å². The van der Waals surface area contributed by atoms with E-state index in [1.807, 2.05) is 31.4 Å². The Morgan fingerprint density at radius 2 is 1.94 bits per heavy atom. The molecule has 18 heavy (non-hydrogen) atoms. The summed E-state index contributed by atoms with van der Waals surface area (Å²) < 4.78 is 1.71. The first kappa shape index (κ1) is 12.8. The van der Waals surface area contributed by atoms with E-state index in [2.05, 4.69) is 36.3 Å². The first-order chi connectivity index (χ1) is 8.50. The number of nitrogens with two attached hydrogens (primary N) is 1. The van der Waals surface area contributed by atoms with Crippen molar-refractivity contribution < 1.29 is 0 Å². The molecule has 2 rings (SSSR count). The molecule has 1 heterocycles. The van der Waals surface area contributed by atoms with Gasteiger partial charge in [-0.25, -0.2) is 0 Å². The van der Waals surface area contributed by atoms with Crippen molar-refractivity contribution in [1.82, 2.24) is 15.0 Å². The van der Waals surface area contributed by atoms with Gasteiger partial charge in [-0.2, -0.15) is 0 Å². The zero-order valence-electron chi connectivity index (χ0n) is 11.2. The number of nitrogens with zero attached hydrogens (tertiary/aromatic N) is 3. The van der Waals surface area contributed by atoms with Gasteiger partial charge in [-0.15, -0.1) is 5.10 Å². The number of hydrogen-bond acceptors (Lipinski definition) is 3. The summed E-state index contributed by atoms with van der Waals surface area (Å²) in [6, 6.07) is 10.4. The molecule has 0 aliphatic rings. The molecular weight excluding hydrogens is 224 g/mol. The first-order valence-electron chi connectivity index (χ1n) is 6.16. The minimum atomic E-state index is -0.0845. The maximum atomic E-state index is 6.35. The molecule has 0 aliphatic carbocycles. The van der Waals surface area contributed by atoms with Gasteiger partial charge in [0.25, 0.3) is 0 Å². The molecular formula is C14H20N4.